The highest BCUT2D eigenvalue weighted by atomic mass is 79.9. The molecule has 0 heterocycles. The molecule has 0 saturated carbocycles. The van der Waals surface area contributed by atoms with Gasteiger partial charge >= 0.3 is 0 Å². The lowest BCUT2D eigenvalue weighted by atomic mass is 10.0. The topological polar surface area (TPSA) is 42.2 Å². The van der Waals surface area contributed by atoms with Crippen LogP contribution in [0.15, 0.2) is 65.1 Å². The molecule has 0 bridgehead atoms. The Bertz CT molecular complexity index is 1090. The molecule has 0 saturated heterocycles. The van der Waals surface area contributed by atoms with Gasteiger partial charge in [-0.15, -0.1) is 0 Å². The molecule has 6 heteroatoms. The molecular formula is C24H18BrCl2NO2. The minimum Gasteiger partial charge on any atom is -0.490 e. The fourth-order valence-corrected chi connectivity index (χ4v) is 3.45. The Morgan fingerprint density at radius 3 is 2.37 bits per heavy atom. The first-order valence-electron chi connectivity index (χ1n) is 9.21. The Morgan fingerprint density at radius 1 is 1.03 bits per heavy atom. The van der Waals surface area contributed by atoms with Gasteiger partial charge in [0.15, 0.2) is 11.5 Å². The number of nitrogens with zero attached hydrogens (tertiary/aromatic N) is 1. The van der Waals surface area contributed by atoms with E-state index in [1.807, 2.05) is 37.3 Å². The highest BCUT2D eigenvalue weighted by Crippen LogP contribution is 2.38. The molecule has 0 radical (unpaired) electrons. The van der Waals surface area contributed by atoms with Gasteiger partial charge in [0.2, 0.25) is 0 Å². The Kier molecular flexibility index (Phi) is 7.81. The van der Waals surface area contributed by atoms with E-state index in [0.717, 1.165) is 21.2 Å². The second-order valence-electron chi connectivity index (χ2n) is 6.35. The molecule has 152 valence electrons. The van der Waals surface area contributed by atoms with Crippen LogP contribution in [0.5, 0.6) is 11.5 Å². The molecule has 0 aliphatic rings. The smallest absolute Gasteiger partial charge is 0.180 e. The van der Waals surface area contributed by atoms with Crippen LogP contribution < -0.4 is 9.47 Å². The summed E-state index contributed by atoms with van der Waals surface area (Å²) in [7, 11) is 0. The van der Waals surface area contributed by atoms with Crippen LogP contribution in [0.1, 0.15) is 23.6 Å². The molecule has 0 unspecified atom stereocenters. The zero-order valence-corrected chi connectivity index (χ0v) is 19.3. The van der Waals surface area contributed by atoms with Crippen LogP contribution in [0.2, 0.25) is 10.0 Å². The minimum atomic E-state index is 0.358. The van der Waals surface area contributed by atoms with Crippen LogP contribution in [-0.4, -0.2) is 6.61 Å². The van der Waals surface area contributed by atoms with Crippen molar-refractivity contribution in [3.8, 4) is 17.6 Å². The third kappa shape index (κ3) is 5.79. The van der Waals surface area contributed by atoms with Crippen LogP contribution in [-0.2, 0) is 6.61 Å². The lowest BCUT2D eigenvalue weighted by Crippen LogP contribution is -2.01. The van der Waals surface area contributed by atoms with E-state index in [2.05, 4.69) is 22.0 Å². The Morgan fingerprint density at radius 2 is 1.73 bits per heavy atom. The molecule has 0 amide bonds. The molecule has 0 aliphatic heterocycles. The van der Waals surface area contributed by atoms with Crippen molar-refractivity contribution in [3.05, 3.63) is 91.9 Å². The zero-order valence-electron chi connectivity index (χ0n) is 16.2. The number of halogens is 3. The molecule has 0 atom stereocenters. The van der Waals surface area contributed by atoms with Crippen LogP contribution in [0.25, 0.3) is 11.6 Å². The van der Waals surface area contributed by atoms with E-state index < -0.39 is 0 Å². The maximum absolute atomic E-state index is 9.59. The van der Waals surface area contributed by atoms with Crippen molar-refractivity contribution >= 4 is 50.8 Å². The average Bonchev–Trinajstić information content (AvgIpc) is 2.73. The quantitative estimate of drug-likeness (QED) is 0.244. The van der Waals surface area contributed by atoms with E-state index in [4.69, 9.17) is 32.7 Å². The number of allylic oxidation sites excluding steroid dienone is 1. The van der Waals surface area contributed by atoms with Crippen LogP contribution in [0.3, 0.4) is 0 Å². The van der Waals surface area contributed by atoms with E-state index in [-0.39, 0.29) is 0 Å². The lowest BCUT2D eigenvalue weighted by Gasteiger charge is -2.15. The molecular weight excluding hydrogens is 485 g/mol. The molecule has 0 fully saturated rings. The lowest BCUT2D eigenvalue weighted by molar-refractivity contribution is 0.269. The summed E-state index contributed by atoms with van der Waals surface area (Å²) in [5.74, 6) is 1.00. The highest BCUT2D eigenvalue weighted by Gasteiger charge is 2.13. The molecule has 0 spiro atoms. The maximum Gasteiger partial charge on any atom is 0.180 e. The number of nitriles is 1. The van der Waals surface area contributed by atoms with E-state index in [0.29, 0.717) is 40.3 Å². The molecule has 3 aromatic rings. The van der Waals surface area contributed by atoms with Crippen molar-refractivity contribution < 1.29 is 9.47 Å². The standard InChI is InChI=1S/C24H18BrCl2NO2/c1-2-29-23-13-17(11-19(14-28)18-5-9-21(26)10-6-18)12-22(27)24(23)30-15-16-3-7-20(25)8-4-16/h3-13H,2,15H2,1H3/b19-11+. The van der Waals surface area contributed by atoms with Gasteiger partial charge in [0.25, 0.3) is 0 Å². The van der Waals surface area contributed by atoms with Gasteiger partial charge in [-0.05, 0) is 66.1 Å². The molecule has 0 aliphatic carbocycles. The number of hydrogen-bond donors (Lipinski definition) is 0. The molecule has 0 aromatic heterocycles. The van der Waals surface area contributed by atoms with E-state index in [1.165, 1.54) is 0 Å². The van der Waals surface area contributed by atoms with E-state index >= 15 is 0 Å². The van der Waals surface area contributed by atoms with Gasteiger partial charge < -0.3 is 9.47 Å². The zero-order chi connectivity index (χ0) is 21.5. The summed E-state index contributed by atoms with van der Waals surface area (Å²) in [5.41, 5.74) is 3.02. The first-order chi connectivity index (χ1) is 14.5. The first kappa shape index (κ1) is 22.2. The molecule has 0 N–H and O–H groups in total. The predicted octanol–water partition coefficient (Wildman–Crippen LogP) is 7.80. The summed E-state index contributed by atoms with van der Waals surface area (Å²) < 4.78 is 12.7. The largest absolute Gasteiger partial charge is 0.490 e. The van der Waals surface area contributed by atoms with Crippen molar-refractivity contribution in [2.24, 2.45) is 0 Å². The summed E-state index contributed by atoms with van der Waals surface area (Å²) in [6, 6.07) is 20.8. The second kappa shape index (κ2) is 10.5. The van der Waals surface area contributed by atoms with Crippen LogP contribution in [0, 0.1) is 11.3 Å². The maximum atomic E-state index is 9.59. The third-order valence-electron chi connectivity index (χ3n) is 4.21. The normalized spacial score (nSPS) is 11.1. The molecule has 3 aromatic carbocycles. The number of rotatable bonds is 7. The number of ether oxygens (including phenoxy) is 2. The van der Waals surface area contributed by atoms with Crippen molar-refractivity contribution in [2.75, 3.05) is 6.61 Å². The first-order valence-corrected chi connectivity index (χ1v) is 10.8. The van der Waals surface area contributed by atoms with Gasteiger partial charge in [0.1, 0.15) is 6.61 Å². The molecule has 30 heavy (non-hydrogen) atoms. The summed E-state index contributed by atoms with van der Waals surface area (Å²) in [6.07, 6.45) is 1.76. The monoisotopic (exact) mass is 501 g/mol. The van der Waals surface area contributed by atoms with E-state index in [1.54, 1.807) is 36.4 Å². The average molecular weight is 503 g/mol. The Balaban J connectivity index is 1.90. The van der Waals surface area contributed by atoms with Crippen molar-refractivity contribution in [1.29, 1.82) is 5.26 Å². The minimum absolute atomic E-state index is 0.358. The fourth-order valence-electron chi connectivity index (χ4n) is 2.79. The highest BCUT2D eigenvalue weighted by molar-refractivity contribution is 9.10. The Labute approximate surface area is 194 Å². The van der Waals surface area contributed by atoms with E-state index in [9.17, 15) is 5.26 Å². The number of hydrogen-bond acceptors (Lipinski definition) is 3. The number of benzene rings is 3. The van der Waals surface area contributed by atoms with Gasteiger partial charge in [0, 0.05) is 9.50 Å². The van der Waals surface area contributed by atoms with Gasteiger partial charge in [-0.2, -0.15) is 5.26 Å². The van der Waals surface area contributed by atoms with Gasteiger partial charge in [-0.1, -0.05) is 63.4 Å². The van der Waals surface area contributed by atoms with Gasteiger partial charge in [-0.25, -0.2) is 0 Å². The molecule has 3 rings (SSSR count). The predicted molar refractivity (Wildman–Crippen MR) is 126 cm³/mol. The summed E-state index contributed by atoms with van der Waals surface area (Å²) in [5, 5.41) is 10.6. The van der Waals surface area contributed by atoms with Gasteiger partial charge in [0.05, 0.1) is 23.3 Å². The Hall–Kier alpha value is -2.45. The summed E-state index contributed by atoms with van der Waals surface area (Å²) in [6.45, 7) is 2.71. The van der Waals surface area contributed by atoms with Crippen LogP contribution >= 0.6 is 39.1 Å². The van der Waals surface area contributed by atoms with Crippen molar-refractivity contribution in [2.45, 2.75) is 13.5 Å². The van der Waals surface area contributed by atoms with Crippen molar-refractivity contribution in [1.82, 2.24) is 0 Å². The second-order valence-corrected chi connectivity index (χ2v) is 8.11. The fraction of sp³-hybridized carbons (Fsp3) is 0.125. The summed E-state index contributed by atoms with van der Waals surface area (Å²) >= 11 is 15.9. The van der Waals surface area contributed by atoms with Crippen LogP contribution in [0.4, 0.5) is 0 Å². The summed E-state index contributed by atoms with van der Waals surface area (Å²) in [4.78, 5) is 0. The molecule has 3 nitrogen and oxygen atoms in total. The third-order valence-corrected chi connectivity index (χ3v) is 5.28. The van der Waals surface area contributed by atoms with Crippen molar-refractivity contribution in [3.63, 3.8) is 0 Å². The van der Waals surface area contributed by atoms with Gasteiger partial charge in [-0.3, -0.25) is 0 Å². The SMILES string of the molecule is CCOc1cc(/C=C(\C#N)c2ccc(Cl)cc2)cc(Cl)c1OCc1ccc(Br)cc1.